The Morgan fingerprint density at radius 2 is 1.71 bits per heavy atom. The number of benzene rings is 2. The third-order valence-corrected chi connectivity index (χ3v) is 3.56. The molecule has 2 rings (SSSR count). The van der Waals surface area contributed by atoms with Crippen LogP contribution in [0, 0.1) is 6.92 Å². The van der Waals surface area contributed by atoms with Crippen molar-refractivity contribution in [3.05, 3.63) is 70.8 Å². The van der Waals surface area contributed by atoms with Crippen molar-refractivity contribution in [3.8, 4) is 0 Å². The summed E-state index contributed by atoms with van der Waals surface area (Å²) in [4.78, 5) is 12.7. The molecule has 0 spiro atoms. The number of nitrogens with two attached hydrogens (primary N) is 1. The zero-order valence-electron chi connectivity index (χ0n) is 12.6. The highest BCUT2D eigenvalue weighted by molar-refractivity contribution is 6.00. The maximum absolute atomic E-state index is 12.7. The Hall–Kier alpha value is -1.97. The Morgan fingerprint density at radius 3 is 2.24 bits per heavy atom. The summed E-state index contributed by atoms with van der Waals surface area (Å²) < 4.78 is 0. The van der Waals surface area contributed by atoms with Crippen LogP contribution < -0.4 is 11.1 Å². The molecule has 0 radical (unpaired) electrons. The van der Waals surface area contributed by atoms with E-state index in [1.807, 2.05) is 62.4 Å². The molecule has 2 aromatic rings. The number of hydrogen-bond acceptors (Lipinski definition) is 3. The quantitative estimate of drug-likeness (QED) is 0.801. The van der Waals surface area contributed by atoms with E-state index in [1.165, 1.54) is 5.56 Å². The predicted octanol–water partition coefficient (Wildman–Crippen LogP) is 2.99. The third kappa shape index (κ3) is 3.78. The predicted molar refractivity (Wildman–Crippen MR) is 86.3 cm³/mol. The Labute approximate surface area is 126 Å². The van der Waals surface area contributed by atoms with Gasteiger partial charge in [0.1, 0.15) is 0 Å². The molecule has 0 heterocycles. The average Bonchev–Trinajstić information content (AvgIpc) is 2.53. The molecular weight excluding hydrogens is 260 g/mol. The molecule has 2 aromatic carbocycles. The molecule has 0 aliphatic carbocycles. The second-order valence-electron chi connectivity index (χ2n) is 5.17. The molecule has 0 amide bonds. The molecule has 0 fully saturated rings. The maximum atomic E-state index is 12.7. The highest BCUT2D eigenvalue weighted by atomic mass is 16.1. The van der Waals surface area contributed by atoms with Gasteiger partial charge in [-0.25, -0.2) is 0 Å². The van der Waals surface area contributed by atoms with E-state index < -0.39 is 0 Å². The summed E-state index contributed by atoms with van der Waals surface area (Å²) in [5.74, 6) is 0.0873. The van der Waals surface area contributed by atoms with Crippen LogP contribution in [0.5, 0.6) is 0 Å². The van der Waals surface area contributed by atoms with E-state index in [4.69, 9.17) is 5.73 Å². The Balaban J connectivity index is 2.27. The smallest absolute Gasteiger partial charge is 0.184 e. The average molecular weight is 282 g/mol. The molecule has 3 heteroatoms. The highest BCUT2D eigenvalue weighted by Crippen LogP contribution is 2.19. The molecule has 21 heavy (non-hydrogen) atoms. The van der Waals surface area contributed by atoms with Gasteiger partial charge in [0.25, 0.3) is 0 Å². The molecule has 1 atom stereocenters. The SMILES string of the molecule is CCNC(C(=O)c1ccc(CN)cc1)c1ccc(C)cc1. The van der Waals surface area contributed by atoms with Crippen molar-refractivity contribution in [1.29, 1.82) is 0 Å². The van der Waals surface area contributed by atoms with Crippen LogP contribution in [0.15, 0.2) is 48.5 Å². The molecule has 0 aliphatic rings. The number of ketones is 1. The second kappa shape index (κ2) is 7.16. The Morgan fingerprint density at radius 1 is 1.10 bits per heavy atom. The van der Waals surface area contributed by atoms with Gasteiger partial charge in [-0.15, -0.1) is 0 Å². The fourth-order valence-corrected chi connectivity index (χ4v) is 2.30. The fourth-order valence-electron chi connectivity index (χ4n) is 2.30. The van der Waals surface area contributed by atoms with Gasteiger partial charge < -0.3 is 11.1 Å². The first kappa shape index (κ1) is 15.4. The zero-order chi connectivity index (χ0) is 15.2. The number of aryl methyl sites for hydroxylation is 1. The molecule has 0 saturated heterocycles. The number of carbonyl (C=O) groups is 1. The summed E-state index contributed by atoms with van der Waals surface area (Å²) in [6.45, 7) is 5.28. The molecule has 1 unspecified atom stereocenters. The molecular formula is C18H22N2O. The lowest BCUT2D eigenvalue weighted by atomic mass is 9.96. The van der Waals surface area contributed by atoms with E-state index in [0.29, 0.717) is 12.1 Å². The highest BCUT2D eigenvalue weighted by Gasteiger charge is 2.20. The van der Waals surface area contributed by atoms with Crippen LogP contribution in [0.3, 0.4) is 0 Å². The number of hydrogen-bond donors (Lipinski definition) is 2. The molecule has 0 bridgehead atoms. The summed E-state index contributed by atoms with van der Waals surface area (Å²) in [6, 6.07) is 15.3. The van der Waals surface area contributed by atoms with Gasteiger partial charge >= 0.3 is 0 Å². The number of rotatable bonds is 6. The van der Waals surface area contributed by atoms with Crippen LogP contribution >= 0.6 is 0 Å². The number of nitrogens with one attached hydrogen (secondary N) is 1. The van der Waals surface area contributed by atoms with Gasteiger partial charge in [-0.05, 0) is 24.6 Å². The van der Waals surface area contributed by atoms with Gasteiger partial charge in [0, 0.05) is 12.1 Å². The largest absolute Gasteiger partial charge is 0.326 e. The van der Waals surface area contributed by atoms with E-state index in [0.717, 1.165) is 17.7 Å². The number of Topliss-reactive ketones (excluding diaryl/α,β-unsaturated/α-hetero) is 1. The Bertz CT molecular complexity index is 588. The van der Waals surface area contributed by atoms with Crippen LogP contribution in [-0.4, -0.2) is 12.3 Å². The van der Waals surface area contributed by atoms with E-state index >= 15 is 0 Å². The Kier molecular flexibility index (Phi) is 5.26. The first-order valence-corrected chi connectivity index (χ1v) is 7.29. The van der Waals surface area contributed by atoms with Gasteiger partial charge in [0.05, 0.1) is 6.04 Å². The van der Waals surface area contributed by atoms with Crippen LogP contribution in [0.4, 0.5) is 0 Å². The zero-order valence-corrected chi connectivity index (χ0v) is 12.6. The van der Waals surface area contributed by atoms with Crippen LogP contribution in [0.2, 0.25) is 0 Å². The van der Waals surface area contributed by atoms with Crippen LogP contribution in [0.25, 0.3) is 0 Å². The third-order valence-electron chi connectivity index (χ3n) is 3.56. The molecule has 0 saturated carbocycles. The van der Waals surface area contributed by atoms with Gasteiger partial charge in [0.2, 0.25) is 0 Å². The minimum Gasteiger partial charge on any atom is -0.326 e. The van der Waals surface area contributed by atoms with Crippen molar-refractivity contribution in [2.75, 3.05) is 6.54 Å². The second-order valence-corrected chi connectivity index (χ2v) is 5.17. The van der Waals surface area contributed by atoms with Crippen molar-refractivity contribution in [2.45, 2.75) is 26.4 Å². The molecule has 3 nitrogen and oxygen atoms in total. The molecule has 0 aromatic heterocycles. The lowest BCUT2D eigenvalue weighted by Crippen LogP contribution is -2.28. The standard InChI is InChI=1S/C18H22N2O/c1-3-20-17(15-8-4-13(2)5-9-15)18(21)16-10-6-14(12-19)7-11-16/h4-11,17,20H,3,12,19H2,1-2H3. The van der Waals surface area contributed by atoms with E-state index in [-0.39, 0.29) is 11.8 Å². The van der Waals surface area contributed by atoms with Gasteiger partial charge in [-0.1, -0.05) is 61.0 Å². The monoisotopic (exact) mass is 282 g/mol. The van der Waals surface area contributed by atoms with Crippen molar-refractivity contribution in [2.24, 2.45) is 5.73 Å². The maximum Gasteiger partial charge on any atom is 0.184 e. The van der Waals surface area contributed by atoms with Crippen molar-refractivity contribution in [3.63, 3.8) is 0 Å². The summed E-state index contributed by atoms with van der Waals surface area (Å²) >= 11 is 0. The van der Waals surface area contributed by atoms with E-state index in [2.05, 4.69) is 5.32 Å². The number of carbonyl (C=O) groups excluding carboxylic acids is 1. The van der Waals surface area contributed by atoms with Crippen LogP contribution in [0.1, 0.15) is 40.0 Å². The molecule has 110 valence electrons. The summed E-state index contributed by atoms with van der Waals surface area (Å²) in [7, 11) is 0. The first-order chi connectivity index (χ1) is 10.2. The van der Waals surface area contributed by atoms with E-state index in [9.17, 15) is 4.79 Å². The summed E-state index contributed by atoms with van der Waals surface area (Å²) in [5.41, 5.74) is 9.51. The van der Waals surface area contributed by atoms with Crippen molar-refractivity contribution >= 4 is 5.78 Å². The van der Waals surface area contributed by atoms with E-state index in [1.54, 1.807) is 0 Å². The molecule has 3 N–H and O–H groups in total. The van der Waals surface area contributed by atoms with Gasteiger partial charge in [-0.2, -0.15) is 0 Å². The van der Waals surface area contributed by atoms with Gasteiger partial charge in [-0.3, -0.25) is 4.79 Å². The minimum atomic E-state index is -0.306. The molecule has 0 aliphatic heterocycles. The fraction of sp³-hybridized carbons (Fsp3) is 0.278. The van der Waals surface area contributed by atoms with Crippen LogP contribution in [-0.2, 0) is 6.54 Å². The summed E-state index contributed by atoms with van der Waals surface area (Å²) in [6.07, 6.45) is 0. The topological polar surface area (TPSA) is 55.1 Å². The minimum absolute atomic E-state index is 0.0873. The summed E-state index contributed by atoms with van der Waals surface area (Å²) in [5, 5.41) is 3.27. The lowest BCUT2D eigenvalue weighted by Gasteiger charge is -2.17. The lowest BCUT2D eigenvalue weighted by molar-refractivity contribution is 0.0944. The normalized spacial score (nSPS) is 12.1. The number of likely N-dealkylation sites (N-methyl/N-ethyl adjacent to an activating group) is 1. The van der Waals surface area contributed by atoms with Gasteiger partial charge in [0.15, 0.2) is 5.78 Å². The first-order valence-electron chi connectivity index (χ1n) is 7.29. The van der Waals surface area contributed by atoms with Crippen molar-refractivity contribution < 1.29 is 4.79 Å². The van der Waals surface area contributed by atoms with Crippen molar-refractivity contribution in [1.82, 2.24) is 5.32 Å².